The molecule has 274 valence electrons. The SMILES string of the molecule is Cc1nc2c(F)c(-c3cccc(Cl)c3Cl)c(CCC#N)cc2c2c1cc([C@H]1C[C@H](OCc3cccc(C#N)c3F)CN1C(=O)C1CC1)n2[C@H]1[C@H]2CN[C@@H]1C2. The number of likely N-dealkylation sites (tertiary alicyclic amines) is 1. The highest BCUT2D eigenvalue weighted by Gasteiger charge is 2.51. The third-order valence-electron chi connectivity index (χ3n) is 11.9. The molecular weight excluding hydrogens is 729 g/mol. The first-order chi connectivity index (χ1) is 26.2. The summed E-state index contributed by atoms with van der Waals surface area (Å²) in [5.41, 5.74) is 4.29. The zero-order valence-corrected chi connectivity index (χ0v) is 31.0. The van der Waals surface area contributed by atoms with Crippen LogP contribution in [-0.2, 0) is 22.6 Å². The molecule has 0 radical (unpaired) electrons. The molecule has 10 rings (SSSR count). The normalized spacial score (nSPS) is 23.2. The quantitative estimate of drug-likeness (QED) is 0.161. The van der Waals surface area contributed by atoms with Gasteiger partial charge in [-0.3, -0.25) is 4.79 Å². The molecular formula is C42H36Cl2F2N6O2. The molecule has 3 aromatic carbocycles. The molecule has 54 heavy (non-hydrogen) atoms. The molecule has 3 aliphatic heterocycles. The van der Waals surface area contributed by atoms with Crippen molar-refractivity contribution >= 4 is 50.9 Å². The molecule has 2 saturated carbocycles. The van der Waals surface area contributed by atoms with Crippen LogP contribution in [0.2, 0.25) is 10.0 Å². The number of benzene rings is 3. The lowest BCUT2D eigenvalue weighted by molar-refractivity contribution is -0.134. The molecule has 1 N–H and O–H groups in total. The molecule has 2 aromatic heterocycles. The molecule has 0 unspecified atom stereocenters. The van der Waals surface area contributed by atoms with Crippen molar-refractivity contribution in [3.63, 3.8) is 0 Å². The molecule has 1 amide bonds. The van der Waals surface area contributed by atoms with Crippen molar-refractivity contribution in [2.45, 2.75) is 76.3 Å². The van der Waals surface area contributed by atoms with Gasteiger partial charge in [0.05, 0.1) is 52.0 Å². The van der Waals surface area contributed by atoms with E-state index in [2.05, 4.69) is 22.0 Å². The zero-order valence-electron chi connectivity index (χ0n) is 29.5. The summed E-state index contributed by atoms with van der Waals surface area (Å²) in [6, 6.07) is 18.0. The van der Waals surface area contributed by atoms with E-state index in [1.807, 2.05) is 24.0 Å². The maximum atomic E-state index is 17.2. The fourth-order valence-electron chi connectivity index (χ4n) is 9.09. The average molecular weight is 766 g/mol. The standard InChI is InChI=1S/C42H36Cl2F2N6O2/c1-21-29-16-34(33-15-27(19-51(33)42(53)22-10-11-22)54-20-25-6-2-5-24(17-48)37(25)45)52(40-26-14-32(40)49-18-26)41(29)30-13-23(7-4-12-47)35(38(46)39(30)50-21)28-8-3-9-31(43)36(28)44/h2-3,5-6,8-9,13,16,22,26-27,32-33,40,49H,4,7,10-11,14-15,18-20H2,1H3/t26-,27+,32-,33-,40+/m1/s1. The Kier molecular flexibility index (Phi) is 8.86. The van der Waals surface area contributed by atoms with Crippen molar-refractivity contribution < 1.29 is 18.3 Å². The maximum absolute atomic E-state index is 17.2. The molecule has 8 nitrogen and oxygen atoms in total. The average Bonchev–Trinajstić information content (AvgIpc) is 3.45. The van der Waals surface area contributed by atoms with Gasteiger partial charge in [0.1, 0.15) is 17.4 Å². The molecule has 2 aliphatic carbocycles. The fraction of sp³-hybridized carbons (Fsp3) is 0.381. The van der Waals surface area contributed by atoms with Gasteiger partial charge in [-0.25, -0.2) is 13.8 Å². The summed E-state index contributed by atoms with van der Waals surface area (Å²) >= 11 is 13.1. The van der Waals surface area contributed by atoms with E-state index in [1.54, 1.807) is 30.3 Å². The Bertz CT molecular complexity index is 2450. The van der Waals surface area contributed by atoms with Crippen molar-refractivity contribution in [1.82, 2.24) is 19.8 Å². The Balaban J connectivity index is 1.21. The second-order valence-electron chi connectivity index (χ2n) is 15.1. The molecule has 5 aromatic rings. The van der Waals surface area contributed by atoms with Gasteiger partial charge in [-0.15, -0.1) is 0 Å². The Labute approximate surface area is 321 Å². The molecule has 2 bridgehead atoms. The summed E-state index contributed by atoms with van der Waals surface area (Å²) in [7, 11) is 0. The monoisotopic (exact) mass is 764 g/mol. The van der Waals surface area contributed by atoms with Crippen molar-refractivity contribution in [2.75, 3.05) is 13.1 Å². The number of nitrogens with one attached hydrogen (secondary N) is 1. The van der Waals surface area contributed by atoms with Crippen LogP contribution >= 0.6 is 23.2 Å². The molecule has 12 heteroatoms. The summed E-state index contributed by atoms with van der Waals surface area (Å²) in [5, 5.41) is 24.7. The minimum absolute atomic E-state index is 0.0265. The number of carbonyl (C=O) groups is 1. The number of aromatic nitrogens is 2. The first-order valence-corrected chi connectivity index (χ1v) is 19.2. The number of ether oxygens (including phenoxy) is 1. The van der Waals surface area contributed by atoms with E-state index in [9.17, 15) is 15.3 Å². The van der Waals surface area contributed by atoms with Crippen LogP contribution in [0, 0.1) is 53.1 Å². The second-order valence-corrected chi connectivity index (χ2v) is 15.9. The van der Waals surface area contributed by atoms with Crippen LogP contribution in [0.1, 0.15) is 72.3 Å². The van der Waals surface area contributed by atoms with E-state index in [1.165, 1.54) is 6.07 Å². The number of nitriles is 2. The molecule has 0 spiro atoms. The van der Waals surface area contributed by atoms with Crippen LogP contribution in [-0.4, -0.2) is 45.6 Å². The van der Waals surface area contributed by atoms with Gasteiger partial charge in [0.25, 0.3) is 0 Å². The highest BCUT2D eigenvalue weighted by molar-refractivity contribution is 6.43. The third-order valence-corrected chi connectivity index (χ3v) is 12.7. The van der Waals surface area contributed by atoms with Gasteiger partial charge in [0, 0.05) is 76.7 Å². The van der Waals surface area contributed by atoms with Crippen LogP contribution in [0.5, 0.6) is 0 Å². The van der Waals surface area contributed by atoms with Crippen molar-refractivity contribution in [2.24, 2.45) is 11.8 Å². The largest absolute Gasteiger partial charge is 0.371 e. The van der Waals surface area contributed by atoms with Crippen LogP contribution in [0.25, 0.3) is 32.9 Å². The van der Waals surface area contributed by atoms with Gasteiger partial charge in [0.15, 0.2) is 5.82 Å². The van der Waals surface area contributed by atoms with E-state index in [0.717, 1.165) is 42.4 Å². The summed E-state index contributed by atoms with van der Waals surface area (Å²) < 4.78 is 40.9. The molecule has 5 atom stereocenters. The van der Waals surface area contributed by atoms with Crippen LogP contribution in [0.3, 0.4) is 0 Å². The number of carbonyl (C=O) groups excluding carboxylic acids is 1. The van der Waals surface area contributed by atoms with E-state index in [-0.39, 0.29) is 70.7 Å². The van der Waals surface area contributed by atoms with Crippen molar-refractivity contribution in [3.05, 3.63) is 98.3 Å². The fourth-order valence-corrected chi connectivity index (χ4v) is 9.49. The number of halogens is 4. The number of fused-ring (bicyclic) bond motifs is 4. The van der Waals surface area contributed by atoms with Crippen molar-refractivity contribution in [1.29, 1.82) is 10.5 Å². The van der Waals surface area contributed by atoms with Crippen LogP contribution in [0.4, 0.5) is 8.78 Å². The summed E-state index contributed by atoms with van der Waals surface area (Å²) in [6.45, 7) is 3.08. The number of hydrogen-bond donors (Lipinski definition) is 1. The lowest BCUT2D eigenvalue weighted by atomic mass is 9.79. The van der Waals surface area contributed by atoms with Crippen LogP contribution < -0.4 is 5.32 Å². The Hall–Kier alpha value is -4.58. The Morgan fingerprint density at radius 3 is 2.59 bits per heavy atom. The summed E-state index contributed by atoms with van der Waals surface area (Å²) in [4.78, 5) is 20.8. The minimum Gasteiger partial charge on any atom is -0.371 e. The van der Waals surface area contributed by atoms with Crippen molar-refractivity contribution in [3.8, 4) is 23.3 Å². The highest BCUT2D eigenvalue weighted by Crippen LogP contribution is 2.51. The van der Waals surface area contributed by atoms with E-state index in [4.69, 9.17) is 32.9 Å². The van der Waals surface area contributed by atoms with Crippen LogP contribution in [0.15, 0.2) is 48.5 Å². The first-order valence-electron chi connectivity index (χ1n) is 18.5. The molecule has 5 aliphatic rings. The predicted octanol–water partition coefficient (Wildman–Crippen LogP) is 8.88. The highest BCUT2D eigenvalue weighted by atomic mass is 35.5. The topological polar surface area (TPSA) is 107 Å². The van der Waals surface area contributed by atoms with Gasteiger partial charge in [-0.05, 0) is 68.4 Å². The van der Waals surface area contributed by atoms with Gasteiger partial charge in [-0.2, -0.15) is 10.5 Å². The number of pyridine rings is 1. The summed E-state index contributed by atoms with van der Waals surface area (Å²) in [5.74, 6) is -0.704. The third kappa shape index (κ3) is 5.66. The number of hydrogen-bond acceptors (Lipinski definition) is 6. The molecule has 5 fully saturated rings. The number of aryl methyl sites for hydroxylation is 2. The maximum Gasteiger partial charge on any atom is 0.226 e. The summed E-state index contributed by atoms with van der Waals surface area (Å²) in [6.07, 6.45) is 3.31. The minimum atomic E-state index is -0.592. The number of rotatable bonds is 9. The predicted molar refractivity (Wildman–Crippen MR) is 202 cm³/mol. The first kappa shape index (κ1) is 35.1. The number of amides is 1. The van der Waals surface area contributed by atoms with Gasteiger partial charge in [-0.1, -0.05) is 47.5 Å². The second kappa shape index (κ2) is 13.6. The number of nitrogens with zero attached hydrogens (tertiary/aromatic N) is 5. The van der Waals surface area contributed by atoms with E-state index < -0.39 is 11.6 Å². The van der Waals surface area contributed by atoms with Gasteiger partial charge >= 0.3 is 0 Å². The smallest absolute Gasteiger partial charge is 0.226 e. The van der Waals surface area contributed by atoms with E-state index in [0.29, 0.717) is 58.1 Å². The Morgan fingerprint density at radius 2 is 1.87 bits per heavy atom. The molecule has 5 heterocycles. The van der Waals surface area contributed by atoms with E-state index >= 15 is 8.78 Å². The zero-order chi connectivity index (χ0) is 37.4. The van der Waals surface area contributed by atoms with Gasteiger partial charge in [0.2, 0.25) is 5.91 Å². The Morgan fingerprint density at radius 1 is 1.06 bits per heavy atom. The lowest BCUT2D eigenvalue weighted by Gasteiger charge is -2.39. The molecule has 3 saturated heterocycles. The lowest BCUT2D eigenvalue weighted by Crippen LogP contribution is -2.41. The van der Waals surface area contributed by atoms with Gasteiger partial charge < -0.3 is 19.5 Å².